The summed E-state index contributed by atoms with van der Waals surface area (Å²) in [5.41, 5.74) is 0.657. The second kappa shape index (κ2) is 10.7. The van der Waals surface area contributed by atoms with Gasteiger partial charge in [-0.05, 0) is 38.6 Å². The Morgan fingerprint density at radius 1 is 1.13 bits per heavy atom. The van der Waals surface area contributed by atoms with E-state index in [4.69, 9.17) is 11.6 Å². The Hall–Kier alpha value is -2.97. The van der Waals surface area contributed by atoms with E-state index in [1.54, 1.807) is 29.0 Å². The lowest BCUT2D eigenvalue weighted by atomic mass is 10.0. The van der Waals surface area contributed by atoms with Gasteiger partial charge in [0.25, 0.3) is 5.69 Å². The Bertz CT molecular complexity index is 903. The van der Waals surface area contributed by atoms with Crippen molar-refractivity contribution >= 4 is 34.8 Å². The maximum atomic E-state index is 13.1. The average Bonchev–Trinajstić information content (AvgIpc) is 2.71. The summed E-state index contributed by atoms with van der Waals surface area (Å²) in [6.45, 7) is 5.02. The standard InChI is InChI=1S/C21H25ClN4O4/c1-4-25(5-2)19(27)14-24(3)20(15-9-7-6-8-10-15)21(28)23-16-11-12-17(22)18(13-16)26(29)30/h6-13,20H,4-5,14H2,1-3H3,(H,23,28). The van der Waals surface area contributed by atoms with Crippen LogP contribution >= 0.6 is 11.6 Å². The van der Waals surface area contributed by atoms with E-state index in [1.165, 1.54) is 18.2 Å². The molecule has 0 saturated heterocycles. The van der Waals surface area contributed by atoms with E-state index in [-0.39, 0.29) is 28.8 Å². The molecule has 0 fully saturated rings. The van der Waals surface area contributed by atoms with Crippen LogP contribution in [0.25, 0.3) is 0 Å². The minimum atomic E-state index is -0.763. The summed E-state index contributed by atoms with van der Waals surface area (Å²) in [7, 11) is 1.70. The molecule has 2 rings (SSSR count). The van der Waals surface area contributed by atoms with E-state index in [9.17, 15) is 19.7 Å². The number of hydrogen-bond donors (Lipinski definition) is 1. The lowest BCUT2D eigenvalue weighted by Crippen LogP contribution is -2.43. The van der Waals surface area contributed by atoms with Gasteiger partial charge in [0.05, 0.1) is 11.5 Å². The summed E-state index contributed by atoms with van der Waals surface area (Å²) in [5, 5.41) is 13.8. The minimum absolute atomic E-state index is 0.0143. The van der Waals surface area contributed by atoms with Crippen LogP contribution in [0.15, 0.2) is 48.5 Å². The van der Waals surface area contributed by atoms with Crippen LogP contribution in [0.1, 0.15) is 25.5 Å². The number of nitrogens with one attached hydrogen (secondary N) is 1. The fourth-order valence-electron chi connectivity index (χ4n) is 3.16. The molecule has 1 unspecified atom stereocenters. The minimum Gasteiger partial charge on any atom is -0.342 e. The molecule has 0 radical (unpaired) electrons. The number of carbonyl (C=O) groups excluding carboxylic acids is 2. The molecule has 0 heterocycles. The third-order valence-corrected chi connectivity index (χ3v) is 5.04. The summed E-state index contributed by atoms with van der Waals surface area (Å²) in [6, 6.07) is 12.4. The predicted molar refractivity (Wildman–Crippen MR) is 116 cm³/mol. The van der Waals surface area contributed by atoms with E-state index in [1.807, 2.05) is 32.0 Å². The van der Waals surface area contributed by atoms with Gasteiger partial charge < -0.3 is 10.2 Å². The molecule has 0 spiro atoms. The van der Waals surface area contributed by atoms with E-state index in [0.717, 1.165) is 0 Å². The third-order valence-electron chi connectivity index (χ3n) is 4.72. The summed E-state index contributed by atoms with van der Waals surface area (Å²) in [4.78, 5) is 39.6. The fourth-order valence-corrected chi connectivity index (χ4v) is 3.35. The summed E-state index contributed by atoms with van der Waals surface area (Å²) >= 11 is 5.85. The van der Waals surface area contributed by atoms with Crippen LogP contribution in [0.5, 0.6) is 0 Å². The molecule has 0 aliphatic heterocycles. The molecule has 0 aliphatic rings. The highest BCUT2D eigenvalue weighted by Crippen LogP contribution is 2.28. The molecule has 160 valence electrons. The Kier molecular flexibility index (Phi) is 8.32. The molecule has 0 aliphatic carbocycles. The largest absolute Gasteiger partial charge is 0.342 e. The number of rotatable bonds is 9. The molecule has 2 aromatic rings. The molecule has 30 heavy (non-hydrogen) atoms. The van der Waals surface area contributed by atoms with Gasteiger partial charge in [0.1, 0.15) is 11.1 Å². The van der Waals surface area contributed by atoms with Crippen molar-refractivity contribution < 1.29 is 14.5 Å². The Morgan fingerprint density at radius 2 is 1.77 bits per heavy atom. The Balaban J connectivity index is 2.29. The zero-order valence-electron chi connectivity index (χ0n) is 17.2. The van der Waals surface area contributed by atoms with Crippen LogP contribution < -0.4 is 5.32 Å². The second-order valence-corrected chi connectivity index (χ2v) is 7.11. The number of hydrogen-bond acceptors (Lipinski definition) is 5. The van der Waals surface area contributed by atoms with Crippen LogP contribution in [0.2, 0.25) is 5.02 Å². The number of nitrogens with zero attached hydrogens (tertiary/aromatic N) is 3. The topological polar surface area (TPSA) is 95.8 Å². The molecule has 2 aromatic carbocycles. The maximum absolute atomic E-state index is 13.1. The second-order valence-electron chi connectivity index (χ2n) is 6.71. The lowest BCUT2D eigenvalue weighted by molar-refractivity contribution is -0.384. The summed E-state index contributed by atoms with van der Waals surface area (Å²) < 4.78 is 0. The number of halogens is 1. The molecule has 0 bridgehead atoms. The van der Waals surface area contributed by atoms with Crippen LogP contribution in [0.4, 0.5) is 11.4 Å². The highest BCUT2D eigenvalue weighted by Gasteiger charge is 2.28. The molecule has 1 N–H and O–H groups in total. The smallest absolute Gasteiger partial charge is 0.289 e. The van der Waals surface area contributed by atoms with Crippen molar-refractivity contribution in [2.75, 3.05) is 32.0 Å². The molecular formula is C21H25ClN4O4. The van der Waals surface area contributed by atoms with E-state index in [2.05, 4.69) is 5.32 Å². The quantitative estimate of drug-likeness (QED) is 0.481. The Labute approximate surface area is 180 Å². The number of benzene rings is 2. The molecule has 9 heteroatoms. The van der Waals surface area contributed by atoms with Gasteiger partial charge in [0, 0.05) is 24.8 Å². The molecule has 0 aromatic heterocycles. The van der Waals surface area contributed by atoms with Gasteiger partial charge in [-0.15, -0.1) is 0 Å². The van der Waals surface area contributed by atoms with E-state index in [0.29, 0.717) is 18.7 Å². The zero-order valence-corrected chi connectivity index (χ0v) is 17.9. The number of nitro groups is 1. The van der Waals surface area contributed by atoms with Crippen molar-refractivity contribution in [3.05, 3.63) is 69.2 Å². The van der Waals surface area contributed by atoms with Crippen molar-refractivity contribution in [2.45, 2.75) is 19.9 Å². The van der Waals surface area contributed by atoms with E-state index >= 15 is 0 Å². The fraction of sp³-hybridized carbons (Fsp3) is 0.333. The zero-order chi connectivity index (χ0) is 22.3. The highest BCUT2D eigenvalue weighted by atomic mass is 35.5. The SMILES string of the molecule is CCN(CC)C(=O)CN(C)C(C(=O)Nc1ccc(Cl)c([N+](=O)[O-])c1)c1ccccc1. The normalized spacial score (nSPS) is 11.8. The molecular weight excluding hydrogens is 408 g/mol. The van der Waals surface area contributed by atoms with Crippen molar-refractivity contribution in [3.8, 4) is 0 Å². The molecule has 2 amide bonds. The first kappa shape index (κ1) is 23.3. The van der Waals surface area contributed by atoms with Crippen molar-refractivity contribution in [2.24, 2.45) is 0 Å². The highest BCUT2D eigenvalue weighted by molar-refractivity contribution is 6.32. The first-order valence-corrected chi connectivity index (χ1v) is 9.94. The number of likely N-dealkylation sites (N-methyl/N-ethyl adjacent to an activating group) is 2. The van der Waals surface area contributed by atoms with Crippen LogP contribution in [0, 0.1) is 10.1 Å². The molecule has 8 nitrogen and oxygen atoms in total. The first-order chi connectivity index (χ1) is 14.3. The van der Waals surface area contributed by atoms with Crippen LogP contribution in [-0.2, 0) is 9.59 Å². The summed E-state index contributed by atoms with van der Waals surface area (Å²) in [5.74, 6) is -0.494. The average molecular weight is 433 g/mol. The van der Waals surface area contributed by atoms with E-state index < -0.39 is 16.9 Å². The predicted octanol–water partition coefficient (Wildman–Crippen LogP) is 3.73. The monoisotopic (exact) mass is 432 g/mol. The lowest BCUT2D eigenvalue weighted by Gasteiger charge is -2.29. The number of nitro benzene ring substituents is 1. The molecule has 0 saturated carbocycles. The van der Waals surface area contributed by atoms with Gasteiger partial charge in [-0.1, -0.05) is 41.9 Å². The van der Waals surface area contributed by atoms with Crippen molar-refractivity contribution in [3.63, 3.8) is 0 Å². The van der Waals surface area contributed by atoms with Crippen LogP contribution in [-0.4, -0.2) is 53.2 Å². The maximum Gasteiger partial charge on any atom is 0.289 e. The van der Waals surface area contributed by atoms with Gasteiger partial charge in [0.15, 0.2) is 0 Å². The Morgan fingerprint density at radius 3 is 2.33 bits per heavy atom. The summed E-state index contributed by atoms with van der Waals surface area (Å²) in [6.07, 6.45) is 0. The van der Waals surface area contributed by atoms with Gasteiger partial charge in [0.2, 0.25) is 11.8 Å². The third kappa shape index (κ3) is 5.77. The molecule has 1 atom stereocenters. The van der Waals surface area contributed by atoms with Crippen LogP contribution in [0.3, 0.4) is 0 Å². The number of amides is 2. The van der Waals surface area contributed by atoms with Gasteiger partial charge in [-0.2, -0.15) is 0 Å². The van der Waals surface area contributed by atoms with Crippen molar-refractivity contribution in [1.82, 2.24) is 9.80 Å². The number of carbonyl (C=O) groups is 2. The number of anilines is 1. The first-order valence-electron chi connectivity index (χ1n) is 9.56. The van der Waals surface area contributed by atoms with Gasteiger partial charge in [-0.3, -0.25) is 24.6 Å². The van der Waals surface area contributed by atoms with Crippen molar-refractivity contribution in [1.29, 1.82) is 0 Å². The van der Waals surface area contributed by atoms with Gasteiger partial charge in [-0.25, -0.2) is 0 Å². The van der Waals surface area contributed by atoms with Gasteiger partial charge >= 0.3 is 0 Å².